The molecule has 2 N–H and O–H groups in total. The molecule has 0 saturated carbocycles. The third-order valence-electron chi connectivity index (χ3n) is 2.72. The number of ether oxygens (including phenoxy) is 2. The van der Waals surface area contributed by atoms with Gasteiger partial charge in [0, 0.05) is 17.7 Å². The summed E-state index contributed by atoms with van der Waals surface area (Å²) in [5, 5.41) is 33.0. The van der Waals surface area contributed by atoms with Gasteiger partial charge in [0.25, 0.3) is 0 Å². The molecule has 0 unspecified atom stereocenters. The Morgan fingerprint density at radius 1 is 1.21 bits per heavy atom. The van der Waals surface area contributed by atoms with Crippen LogP contribution in [0, 0.1) is 10.1 Å². The molecule has 0 aliphatic rings. The fourth-order valence-corrected chi connectivity index (χ4v) is 1.74. The Kier molecular flexibility index (Phi) is 6.47. The highest BCUT2D eigenvalue weighted by molar-refractivity contribution is 5.86. The number of carboxylic acids is 2. The van der Waals surface area contributed by atoms with Gasteiger partial charge in [0.05, 0.1) is 25.4 Å². The van der Waals surface area contributed by atoms with Gasteiger partial charge in [-0.1, -0.05) is 0 Å². The number of hydrogen-bond donors (Lipinski definition) is 2. The van der Waals surface area contributed by atoms with Gasteiger partial charge < -0.3 is 19.7 Å². The van der Waals surface area contributed by atoms with Gasteiger partial charge in [-0.25, -0.2) is 0 Å². The van der Waals surface area contributed by atoms with E-state index >= 15 is 0 Å². The predicted molar refractivity (Wildman–Crippen MR) is 80.6 cm³/mol. The zero-order chi connectivity index (χ0) is 18.3. The number of benzene rings is 1. The molecule has 24 heavy (non-hydrogen) atoms. The highest BCUT2D eigenvalue weighted by Gasteiger charge is 2.19. The Hall–Kier alpha value is -3.37. The van der Waals surface area contributed by atoms with E-state index in [1.165, 1.54) is 20.3 Å². The average molecular weight is 341 g/mol. The summed E-state index contributed by atoms with van der Waals surface area (Å²) >= 11 is 0. The predicted octanol–water partition coefficient (Wildman–Crippen LogP) is 0.417. The van der Waals surface area contributed by atoms with Crippen LogP contribution in [0.4, 0.5) is 5.69 Å². The number of hydrogen-bond acceptors (Lipinski definition) is 8. The zero-order valence-corrected chi connectivity index (χ0v) is 12.8. The minimum atomic E-state index is -1.28. The van der Waals surface area contributed by atoms with E-state index in [4.69, 9.17) is 19.7 Å². The molecule has 0 fully saturated rings. The maximum atomic E-state index is 11.0. The lowest BCUT2D eigenvalue weighted by Gasteiger charge is -2.14. The van der Waals surface area contributed by atoms with Crippen molar-refractivity contribution in [3.63, 3.8) is 0 Å². The number of methoxy groups -OCH3 is 2. The van der Waals surface area contributed by atoms with E-state index in [0.717, 1.165) is 17.3 Å². The minimum Gasteiger partial charge on any atom is -0.496 e. The van der Waals surface area contributed by atoms with Crippen LogP contribution in [0.5, 0.6) is 11.5 Å². The van der Waals surface area contributed by atoms with Crippen molar-refractivity contribution >= 4 is 23.8 Å². The monoisotopic (exact) mass is 341 g/mol. The molecule has 0 radical (unpaired) electrons. The van der Waals surface area contributed by atoms with Gasteiger partial charge in [-0.2, -0.15) is 5.10 Å². The first kappa shape index (κ1) is 18.7. The first-order chi connectivity index (χ1) is 11.3. The van der Waals surface area contributed by atoms with Crippen molar-refractivity contribution in [2.45, 2.75) is 0 Å². The van der Waals surface area contributed by atoms with Gasteiger partial charge in [-0.15, -0.1) is 0 Å². The molecule has 0 bridgehead atoms. The van der Waals surface area contributed by atoms with Crippen molar-refractivity contribution < 1.29 is 34.2 Å². The molecule has 1 aromatic carbocycles. The fourth-order valence-electron chi connectivity index (χ4n) is 1.74. The van der Waals surface area contributed by atoms with Crippen LogP contribution >= 0.6 is 0 Å². The zero-order valence-electron chi connectivity index (χ0n) is 12.8. The fraction of sp³-hybridized carbons (Fsp3) is 0.308. The number of carbonyl (C=O) groups is 2. The second-order valence-corrected chi connectivity index (χ2v) is 4.38. The van der Waals surface area contributed by atoms with Crippen molar-refractivity contribution in [2.24, 2.45) is 5.10 Å². The van der Waals surface area contributed by atoms with Gasteiger partial charge >= 0.3 is 17.6 Å². The number of rotatable bonds is 9. The molecule has 0 amide bonds. The van der Waals surface area contributed by atoms with Gasteiger partial charge in [-0.3, -0.25) is 24.7 Å². The summed E-state index contributed by atoms with van der Waals surface area (Å²) < 4.78 is 9.98. The van der Waals surface area contributed by atoms with Crippen LogP contribution in [0.15, 0.2) is 17.2 Å². The molecule has 11 nitrogen and oxygen atoms in total. The Morgan fingerprint density at radius 3 is 2.17 bits per heavy atom. The normalized spacial score (nSPS) is 10.4. The van der Waals surface area contributed by atoms with E-state index < -0.39 is 30.0 Å². The van der Waals surface area contributed by atoms with Crippen molar-refractivity contribution in [1.82, 2.24) is 5.01 Å². The molecule has 130 valence electrons. The summed E-state index contributed by atoms with van der Waals surface area (Å²) in [6, 6.07) is 2.40. The van der Waals surface area contributed by atoms with Crippen LogP contribution in [-0.2, 0) is 9.59 Å². The molecular formula is C13H15N3O8. The van der Waals surface area contributed by atoms with E-state index in [-0.39, 0.29) is 22.7 Å². The standard InChI is InChI=1S/C13H15N3O8/c1-23-10-4-11(24-2)9(16(21)22)3-8(10)5-14-15(6-12(17)18)7-13(19)20/h3-5H,6-7H2,1-2H3,(H,17,18)(H,19,20)/b14-5-. The molecule has 0 aliphatic carbocycles. The first-order valence-corrected chi connectivity index (χ1v) is 6.41. The van der Waals surface area contributed by atoms with Crippen molar-refractivity contribution in [1.29, 1.82) is 0 Å². The van der Waals surface area contributed by atoms with Crippen LogP contribution in [0.3, 0.4) is 0 Å². The summed E-state index contributed by atoms with van der Waals surface area (Å²) in [5.41, 5.74) is -0.187. The summed E-state index contributed by atoms with van der Waals surface area (Å²) in [6.07, 6.45) is 1.08. The first-order valence-electron chi connectivity index (χ1n) is 6.41. The van der Waals surface area contributed by atoms with Crippen LogP contribution in [0.25, 0.3) is 0 Å². The number of nitro benzene ring substituents is 1. The maximum Gasteiger partial charge on any atom is 0.324 e. The molecule has 0 aromatic heterocycles. The van der Waals surface area contributed by atoms with Gasteiger partial charge in [0.15, 0.2) is 0 Å². The second kappa shape index (κ2) is 8.31. The third kappa shape index (κ3) is 5.12. The van der Waals surface area contributed by atoms with E-state index in [2.05, 4.69) is 5.10 Å². The average Bonchev–Trinajstić information content (AvgIpc) is 2.50. The van der Waals surface area contributed by atoms with Crippen molar-refractivity contribution in [3.05, 3.63) is 27.8 Å². The largest absolute Gasteiger partial charge is 0.496 e. The highest BCUT2D eigenvalue weighted by Crippen LogP contribution is 2.33. The number of nitrogens with zero attached hydrogens (tertiary/aromatic N) is 3. The van der Waals surface area contributed by atoms with Crippen LogP contribution in [-0.4, -0.2) is 65.6 Å². The van der Waals surface area contributed by atoms with Gasteiger partial charge in [0.2, 0.25) is 5.75 Å². The molecule has 1 rings (SSSR count). The lowest BCUT2D eigenvalue weighted by atomic mass is 10.1. The Balaban J connectivity index is 3.22. The number of hydrazone groups is 1. The molecule has 0 atom stereocenters. The Bertz CT molecular complexity index is 657. The number of nitro groups is 1. The summed E-state index contributed by atoms with van der Waals surface area (Å²) in [5.74, 6) is -2.39. The van der Waals surface area contributed by atoms with Crippen LogP contribution in [0.1, 0.15) is 5.56 Å². The molecule has 0 aliphatic heterocycles. The number of carboxylic acid groups (broad SMARTS) is 2. The Labute approximate surface area is 135 Å². The van der Waals surface area contributed by atoms with Gasteiger partial charge in [0.1, 0.15) is 18.8 Å². The molecule has 0 spiro atoms. The second-order valence-electron chi connectivity index (χ2n) is 4.38. The quantitative estimate of drug-likeness (QED) is 0.369. The van der Waals surface area contributed by atoms with Crippen molar-refractivity contribution in [3.8, 4) is 11.5 Å². The number of aliphatic carboxylic acids is 2. The molecule has 0 saturated heterocycles. The van der Waals surface area contributed by atoms with E-state index in [1.807, 2.05) is 0 Å². The Morgan fingerprint density at radius 2 is 1.75 bits per heavy atom. The summed E-state index contributed by atoms with van der Waals surface area (Å²) in [4.78, 5) is 31.8. The molecule has 1 aromatic rings. The van der Waals surface area contributed by atoms with E-state index in [1.54, 1.807) is 0 Å². The molecule has 0 heterocycles. The SMILES string of the molecule is COc1cc(OC)c([N+](=O)[O-])cc1/C=N\N(CC(=O)O)CC(=O)O. The smallest absolute Gasteiger partial charge is 0.324 e. The van der Waals surface area contributed by atoms with E-state index in [0.29, 0.717) is 0 Å². The van der Waals surface area contributed by atoms with Crippen molar-refractivity contribution in [2.75, 3.05) is 27.3 Å². The molecule has 11 heteroatoms. The summed E-state index contributed by atoms with van der Waals surface area (Å²) in [7, 11) is 2.58. The topological polar surface area (TPSA) is 152 Å². The van der Waals surface area contributed by atoms with Gasteiger partial charge in [-0.05, 0) is 0 Å². The lowest BCUT2D eigenvalue weighted by molar-refractivity contribution is -0.385. The third-order valence-corrected chi connectivity index (χ3v) is 2.72. The summed E-state index contributed by atoms with van der Waals surface area (Å²) in [6.45, 7) is -1.30. The lowest BCUT2D eigenvalue weighted by Crippen LogP contribution is -2.30. The highest BCUT2D eigenvalue weighted by atomic mass is 16.6. The molecular weight excluding hydrogens is 326 g/mol. The van der Waals surface area contributed by atoms with E-state index in [9.17, 15) is 19.7 Å². The van der Waals surface area contributed by atoms with Crippen LogP contribution in [0.2, 0.25) is 0 Å². The van der Waals surface area contributed by atoms with Crippen LogP contribution < -0.4 is 9.47 Å². The maximum absolute atomic E-state index is 11.0. The minimum absolute atomic E-state index is 0.0260.